The molecule has 4 nitrogen and oxygen atoms in total. The van der Waals surface area contributed by atoms with Crippen LogP contribution in [0.15, 0.2) is 18.2 Å². The second-order valence-corrected chi connectivity index (χ2v) is 3.08. The van der Waals surface area contributed by atoms with E-state index in [1.165, 1.54) is 25.3 Å². The molecule has 3 N–H and O–H groups in total. The molecule has 1 aromatic rings. The third-order valence-corrected chi connectivity index (χ3v) is 2.00. The van der Waals surface area contributed by atoms with E-state index in [0.717, 1.165) is 0 Å². The number of phenolic OH excluding ortho intramolecular Hbond substituents is 1. The van der Waals surface area contributed by atoms with E-state index in [-0.39, 0.29) is 12.0 Å². The highest BCUT2D eigenvalue weighted by atomic mass is 19.1. The second kappa shape index (κ2) is 4.75. The Kier molecular flexibility index (Phi) is 3.62. The summed E-state index contributed by atoms with van der Waals surface area (Å²) < 4.78 is 17.7. The van der Waals surface area contributed by atoms with Gasteiger partial charge in [0.2, 0.25) is 0 Å². The van der Waals surface area contributed by atoms with Crippen LogP contribution in [0.1, 0.15) is 5.56 Å². The molecule has 0 aliphatic heterocycles. The van der Waals surface area contributed by atoms with Crippen molar-refractivity contribution in [3.63, 3.8) is 0 Å². The summed E-state index contributed by atoms with van der Waals surface area (Å²) in [5.74, 6) is -1.82. The Hall–Kier alpha value is -1.62. The Labute approximate surface area is 86.5 Å². The van der Waals surface area contributed by atoms with Gasteiger partial charge in [-0.3, -0.25) is 4.79 Å². The Bertz CT molecular complexity index is 368. The first kappa shape index (κ1) is 11.5. The normalized spacial score (nSPS) is 12.2. The average Bonchev–Trinajstić information content (AvgIpc) is 2.23. The summed E-state index contributed by atoms with van der Waals surface area (Å²) in [6.45, 7) is 0. The number of hydrogen-bond acceptors (Lipinski definition) is 4. The number of carbonyl (C=O) groups excluding carboxylic acids is 1. The maximum Gasteiger partial charge on any atom is 0.322 e. The summed E-state index contributed by atoms with van der Waals surface area (Å²) in [5.41, 5.74) is 5.64. The summed E-state index contributed by atoms with van der Waals surface area (Å²) in [5, 5.41) is 9.08. The molecular weight excluding hydrogens is 201 g/mol. The minimum atomic E-state index is -0.925. The summed E-state index contributed by atoms with van der Waals surface area (Å²) in [4.78, 5) is 11.0. The Morgan fingerprint density at radius 3 is 2.93 bits per heavy atom. The minimum absolute atomic E-state index is 0.00704. The number of phenols is 1. The van der Waals surface area contributed by atoms with Gasteiger partial charge in [-0.05, 0) is 11.6 Å². The predicted octanol–water partition coefficient (Wildman–Crippen LogP) is 0.574. The number of esters is 1. The third kappa shape index (κ3) is 2.66. The van der Waals surface area contributed by atoms with Crippen LogP contribution < -0.4 is 5.73 Å². The third-order valence-electron chi connectivity index (χ3n) is 2.00. The average molecular weight is 213 g/mol. The molecule has 0 bridgehead atoms. The van der Waals surface area contributed by atoms with Crippen LogP contribution in [0.2, 0.25) is 0 Å². The van der Waals surface area contributed by atoms with E-state index in [0.29, 0.717) is 0 Å². The fourth-order valence-electron chi connectivity index (χ4n) is 1.20. The van der Waals surface area contributed by atoms with Crippen LogP contribution in [-0.4, -0.2) is 24.2 Å². The van der Waals surface area contributed by atoms with Gasteiger partial charge >= 0.3 is 5.97 Å². The number of benzene rings is 1. The van der Waals surface area contributed by atoms with Crippen molar-refractivity contribution in [3.8, 4) is 5.75 Å². The molecule has 0 heterocycles. The monoisotopic (exact) mass is 213 g/mol. The van der Waals surface area contributed by atoms with Crippen molar-refractivity contribution in [1.29, 1.82) is 0 Å². The Balaban J connectivity index is 2.81. The van der Waals surface area contributed by atoms with E-state index in [2.05, 4.69) is 4.74 Å². The van der Waals surface area contributed by atoms with Gasteiger partial charge in [0.1, 0.15) is 6.04 Å². The summed E-state index contributed by atoms with van der Waals surface area (Å²) in [7, 11) is 1.21. The molecule has 1 aromatic carbocycles. The first-order valence-electron chi connectivity index (χ1n) is 4.36. The number of rotatable bonds is 3. The lowest BCUT2D eigenvalue weighted by atomic mass is 10.1. The molecule has 0 fully saturated rings. The van der Waals surface area contributed by atoms with Gasteiger partial charge in [-0.1, -0.05) is 12.1 Å². The fourth-order valence-corrected chi connectivity index (χ4v) is 1.20. The number of methoxy groups -OCH3 is 1. The fraction of sp³-hybridized carbons (Fsp3) is 0.300. The van der Waals surface area contributed by atoms with E-state index in [1.807, 2.05) is 0 Å². The van der Waals surface area contributed by atoms with Gasteiger partial charge in [-0.15, -0.1) is 0 Å². The van der Waals surface area contributed by atoms with Crippen LogP contribution in [-0.2, 0) is 16.0 Å². The standard InChI is InChI=1S/C10H12FNO3/c1-15-10(14)7(12)5-6-3-2-4-8(13)9(6)11/h2-4,7,13H,5,12H2,1H3. The highest BCUT2D eigenvalue weighted by molar-refractivity contribution is 5.75. The topological polar surface area (TPSA) is 72.5 Å². The predicted molar refractivity (Wildman–Crippen MR) is 51.8 cm³/mol. The maximum absolute atomic E-state index is 13.3. The van der Waals surface area contributed by atoms with Crippen LogP contribution in [0.3, 0.4) is 0 Å². The summed E-state index contributed by atoms with van der Waals surface area (Å²) in [6, 6.07) is 3.24. The quantitative estimate of drug-likeness (QED) is 0.720. The molecule has 0 aliphatic carbocycles. The molecule has 5 heteroatoms. The van der Waals surface area contributed by atoms with Crippen LogP contribution in [0.4, 0.5) is 4.39 Å². The van der Waals surface area contributed by atoms with Crippen molar-refractivity contribution in [1.82, 2.24) is 0 Å². The molecule has 82 valence electrons. The van der Waals surface area contributed by atoms with E-state index in [9.17, 15) is 9.18 Å². The first-order chi connectivity index (χ1) is 7.06. The molecule has 0 spiro atoms. The van der Waals surface area contributed by atoms with Gasteiger partial charge in [-0.2, -0.15) is 0 Å². The SMILES string of the molecule is COC(=O)C(N)Cc1cccc(O)c1F. The number of aromatic hydroxyl groups is 1. The lowest BCUT2D eigenvalue weighted by molar-refractivity contribution is -0.142. The number of hydrogen-bond donors (Lipinski definition) is 2. The molecule has 0 aromatic heterocycles. The zero-order chi connectivity index (χ0) is 11.4. The van der Waals surface area contributed by atoms with Crippen LogP contribution >= 0.6 is 0 Å². The molecule has 0 amide bonds. The van der Waals surface area contributed by atoms with E-state index in [1.54, 1.807) is 0 Å². The second-order valence-electron chi connectivity index (χ2n) is 3.08. The molecular formula is C10H12FNO3. The van der Waals surface area contributed by atoms with Crippen molar-refractivity contribution >= 4 is 5.97 Å². The van der Waals surface area contributed by atoms with Gasteiger partial charge in [0.25, 0.3) is 0 Å². The van der Waals surface area contributed by atoms with E-state index >= 15 is 0 Å². The maximum atomic E-state index is 13.3. The molecule has 0 saturated heterocycles. The van der Waals surface area contributed by atoms with Crippen LogP contribution in [0.5, 0.6) is 5.75 Å². The number of carbonyl (C=O) groups is 1. The zero-order valence-electron chi connectivity index (χ0n) is 8.24. The molecule has 15 heavy (non-hydrogen) atoms. The molecule has 0 radical (unpaired) electrons. The van der Waals surface area contributed by atoms with Crippen molar-refractivity contribution in [2.75, 3.05) is 7.11 Å². The van der Waals surface area contributed by atoms with Gasteiger partial charge in [0, 0.05) is 6.42 Å². The van der Waals surface area contributed by atoms with Crippen molar-refractivity contribution in [3.05, 3.63) is 29.6 Å². The molecule has 1 rings (SSSR count). The van der Waals surface area contributed by atoms with Crippen LogP contribution in [0, 0.1) is 5.82 Å². The summed E-state index contributed by atoms with van der Waals surface area (Å²) in [6.07, 6.45) is -0.00704. The Morgan fingerprint density at radius 1 is 1.67 bits per heavy atom. The largest absolute Gasteiger partial charge is 0.505 e. The zero-order valence-corrected chi connectivity index (χ0v) is 8.24. The van der Waals surface area contributed by atoms with Gasteiger partial charge in [-0.25, -0.2) is 4.39 Å². The molecule has 0 saturated carbocycles. The molecule has 1 atom stereocenters. The van der Waals surface area contributed by atoms with Gasteiger partial charge in [0.05, 0.1) is 7.11 Å². The smallest absolute Gasteiger partial charge is 0.322 e. The first-order valence-corrected chi connectivity index (χ1v) is 4.36. The number of halogens is 1. The van der Waals surface area contributed by atoms with E-state index < -0.39 is 23.6 Å². The Morgan fingerprint density at radius 2 is 2.33 bits per heavy atom. The molecule has 1 unspecified atom stereocenters. The number of ether oxygens (including phenoxy) is 1. The highest BCUT2D eigenvalue weighted by Crippen LogP contribution is 2.19. The molecule has 0 aliphatic rings. The minimum Gasteiger partial charge on any atom is -0.505 e. The highest BCUT2D eigenvalue weighted by Gasteiger charge is 2.17. The van der Waals surface area contributed by atoms with Gasteiger partial charge in [0.15, 0.2) is 11.6 Å². The lowest BCUT2D eigenvalue weighted by Crippen LogP contribution is -2.33. The van der Waals surface area contributed by atoms with Gasteiger partial charge < -0.3 is 15.6 Å². The van der Waals surface area contributed by atoms with E-state index in [4.69, 9.17) is 10.8 Å². The van der Waals surface area contributed by atoms with Crippen molar-refractivity contribution < 1.29 is 19.0 Å². The summed E-state index contributed by atoms with van der Waals surface area (Å²) >= 11 is 0. The van der Waals surface area contributed by atoms with Crippen molar-refractivity contribution in [2.24, 2.45) is 5.73 Å². The number of nitrogens with two attached hydrogens (primary N) is 1. The van der Waals surface area contributed by atoms with Crippen LogP contribution in [0.25, 0.3) is 0 Å². The van der Waals surface area contributed by atoms with Crippen molar-refractivity contribution in [2.45, 2.75) is 12.5 Å². The lowest BCUT2D eigenvalue weighted by Gasteiger charge is -2.10.